The van der Waals surface area contributed by atoms with Crippen LogP contribution in [0.15, 0.2) is 0 Å². The molecule has 0 nitrogen and oxygen atoms in total. The molecular formula is C9H21Bi. The number of hydrogen-bond acceptors (Lipinski definition) is 0. The second kappa shape index (κ2) is 4.70. The number of unbranched alkanes of at least 4 members (excludes halogenated alkanes) is 1. The van der Waals surface area contributed by atoms with Crippen molar-refractivity contribution in [2.75, 3.05) is 0 Å². The Morgan fingerprint density at radius 1 is 1.30 bits per heavy atom. The predicted molar refractivity (Wildman–Crippen MR) is 51.3 cm³/mol. The summed E-state index contributed by atoms with van der Waals surface area (Å²) >= 11 is 1.16. The Balaban J connectivity index is 3.52. The number of hydrogen-bond donors (Lipinski definition) is 0. The molecule has 0 rings (SSSR count). The van der Waals surface area contributed by atoms with Crippen LogP contribution in [0.5, 0.6) is 0 Å². The molecule has 0 aromatic carbocycles. The summed E-state index contributed by atoms with van der Waals surface area (Å²) in [6, 6.07) is 0. The van der Waals surface area contributed by atoms with E-state index >= 15 is 0 Å². The fourth-order valence-corrected chi connectivity index (χ4v) is 1.77. The van der Waals surface area contributed by atoms with Gasteiger partial charge in [0.2, 0.25) is 0 Å². The molecule has 0 bridgehead atoms. The Morgan fingerprint density at radius 2 is 1.80 bits per heavy atom. The first-order valence-corrected chi connectivity index (χ1v) is 6.83. The van der Waals surface area contributed by atoms with E-state index in [-0.39, 0.29) is 0 Å². The van der Waals surface area contributed by atoms with E-state index in [0.29, 0.717) is 5.41 Å². The van der Waals surface area contributed by atoms with Crippen LogP contribution in [0, 0.1) is 5.41 Å². The summed E-state index contributed by atoms with van der Waals surface area (Å²) in [4.78, 5) is 0. The van der Waals surface area contributed by atoms with E-state index in [2.05, 4.69) is 27.7 Å². The third-order valence-electron chi connectivity index (χ3n) is 1.98. The van der Waals surface area contributed by atoms with Crippen LogP contribution >= 0.6 is 0 Å². The van der Waals surface area contributed by atoms with Crippen LogP contribution in [0.2, 0.25) is 3.63 Å². The average Bonchev–Trinajstić information content (AvgIpc) is 1.80. The molecule has 0 fully saturated rings. The van der Waals surface area contributed by atoms with Gasteiger partial charge in [0.25, 0.3) is 0 Å². The second-order valence-electron chi connectivity index (χ2n) is 4.11. The Labute approximate surface area is 80.6 Å². The first-order chi connectivity index (χ1) is 4.48. The maximum atomic E-state index is 2.37. The molecule has 0 N–H and O–H groups in total. The van der Waals surface area contributed by atoms with Gasteiger partial charge in [-0.3, -0.25) is 0 Å². The third-order valence-corrected chi connectivity index (χ3v) is 7.16. The van der Waals surface area contributed by atoms with Crippen molar-refractivity contribution >= 4 is 24.7 Å². The van der Waals surface area contributed by atoms with Crippen LogP contribution in [0.3, 0.4) is 0 Å². The van der Waals surface area contributed by atoms with Crippen molar-refractivity contribution < 1.29 is 0 Å². The molecule has 0 spiro atoms. The molecule has 0 aliphatic rings. The molecule has 1 heteroatoms. The van der Waals surface area contributed by atoms with Crippen molar-refractivity contribution in [2.45, 2.75) is 50.6 Å². The standard InChI is InChI=1S/C9H19.Bi.2H/c1-5-6-7-8-9(2,3)4;;;/h8H,5-7H2,1-4H3;;;. The molecule has 0 radical (unpaired) electrons. The van der Waals surface area contributed by atoms with E-state index in [1.165, 1.54) is 19.3 Å². The Bertz CT molecular complexity index is 81.2. The van der Waals surface area contributed by atoms with E-state index in [9.17, 15) is 0 Å². The van der Waals surface area contributed by atoms with E-state index in [0.717, 1.165) is 28.3 Å². The van der Waals surface area contributed by atoms with Crippen molar-refractivity contribution in [3.05, 3.63) is 0 Å². The van der Waals surface area contributed by atoms with Gasteiger partial charge in [0.05, 0.1) is 0 Å². The molecule has 1 atom stereocenters. The molecule has 0 saturated carbocycles. The summed E-state index contributed by atoms with van der Waals surface area (Å²) in [5, 5.41) is 0. The van der Waals surface area contributed by atoms with Crippen molar-refractivity contribution in [1.29, 1.82) is 0 Å². The average molecular weight is 338 g/mol. The molecule has 0 aromatic heterocycles. The van der Waals surface area contributed by atoms with Gasteiger partial charge in [-0.25, -0.2) is 0 Å². The summed E-state index contributed by atoms with van der Waals surface area (Å²) in [5.74, 6) is 0. The monoisotopic (exact) mass is 338 g/mol. The maximum absolute atomic E-state index is 2.37. The zero-order valence-corrected chi connectivity index (χ0v) is 12.3. The van der Waals surface area contributed by atoms with Crippen LogP contribution in [0.25, 0.3) is 0 Å². The Hall–Kier alpha value is 0.883. The van der Waals surface area contributed by atoms with Crippen molar-refractivity contribution in [2.24, 2.45) is 5.41 Å². The van der Waals surface area contributed by atoms with Gasteiger partial charge in [-0.1, -0.05) is 0 Å². The van der Waals surface area contributed by atoms with Gasteiger partial charge in [-0.2, -0.15) is 0 Å². The SMILES string of the molecule is CCCC[CH]([BiH2])C(C)(C)C. The van der Waals surface area contributed by atoms with Crippen molar-refractivity contribution in [3.63, 3.8) is 0 Å². The molecule has 10 heavy (non-hydrogen) atoms. The van der Waals surface area contributed by atoms with E-state index in [4.69, 9.17) is 0 Å². The molecule has 0 aromatic rings. The summed E-state index contributed by atoms with van der Waals surface area (Å²) in [6.07, 6.45) is 4.25. The van der Waals surface area contributed by atoms with Gasteiger partial charge in [0.15, 0.2) is 0 Å². The zero-order valence-electron chi connectivity index (χ0n) is 7.78. The predicted octanol–water partition coefficient (Wildman–Crippen LogP) is 2.64. The quantitative estimate of drug-likeness (QED) is 0.694. The van der Waals surface area contributed by atoms with Crippen LogP contribution in [-0.4, -0.2) is 24.7 Å². The summed E-state index contributed by atoms with van der Waals surface area (Å²) < 4.78 is 1.03. The zero-order chi connectivity index (χ0) is 8.20. The topological polar surface area (TPSA) is 0 Å². The summed E-state index contributed by atoms with van der Waals surface area (Å²) in [7, 11) is 0. The molecule has 0 saturated heterocycles. The minimum atomic E-state index is 0.583. The van der Waals surface area contributed by atoms with E-state index in [1.807, 2.05) is 0 Å². The van der Waals surface area contributed by atoms with Gasteiger partial charge < -0.3 is 0 Å². The molecule has 62 valence electrons. The van der Waals surface area contributed by atoms with Gasteiger partial charge in [-0.05, 0) is 0 Å². The van der Waals surface area contributed by atoms with Crippen LogP contribution in [0.4, 0.5) is 0 Å². The van der Waals surface area contributed by atoms with Crippen molar-refractivity contribution in [3.8, 4) is 0 Å². The molecule has 0 amide bonds. The van der Waals surface area contributed by atoms with Gasteiger partial charge >= 0.3 is 80.7 Å². The van der Waals surface area contributed by atoms with E-state index in [1.54, 1.807) is 0 Å². The Morgan fingerprint density at radius 3 is 2.10 bits per heavy atom. The molecular weight excluding hydrogens is 317 g/mol. The normalized spacial score (nSPS) is 15.3. The minimum absolute atomic E-state index is 0.583. The fourth-order valence-electron chi connectivity index (χ4n) is 0.857. The van der Waals surface area contributed by atoms with Crippen molar-refractivity contribution in [1.82, 2.24) is 0 Å². The number of rotatable bonds is 3. The summed E-state index contributed by atoms with van der Waals surface area (Å²) in [6.45, 7) is 9.38. The second-order valence-corrected chi connectivity index (χ2v) is 7.24. The molecule has 0 heterocycles. The Kier molecular flexibility index (Phi) is 5.11. The molecule has 0 aliphatic carbocycles. The van der Waals surface area contributed by atoms with Gasteiger partial charge in [0.1, 0.15) is 0 Å². The first kappa shape index (κ1) is 10.9. The third kappa shape index (κ3) is 4.66. The van der Waals surface area contributed by atoms with Crippen LogP contribution in [-0.2, 0) is 0 Å². The van der Waals surface area contributed by atoms with E-state index < -0.39 is 0 Å². The van der Waals surface area contributed by atoms with Crippen LogP contribution in [0.1, 0.15) is 47.0 Å². The van der Waals surface area contributed by atoms with Gasteiger partial charge in [-0.15, -0.1) is 0 Å². The first-order valence-electron chi connectivity index (χ1n) is 4.24. The van der Waals surface area contributed by atoms with Gasteiger partial charge in [0, 0.05) is 0 Å². The summed E-state index contributed by atoms with van der Waals surface area (Å²) in [5.41, 5.74) is 0.583. The molecule has 0 aliphatic heterocycles. The van der Waals surface area contributed by atoms with Crippen LogP contribution < -0.4 is 0 Å². The molecule has 1 unspecified atom stereocenters. The fraction of sp³-hybridized carbons (Fsp3) is 1.00.